The topological polar surface area (TPSA) is 47.8 Å². The molecule has 2 aromatic rings. The summed E-state index contributed by atoms with van der Waals surface area (Å²) in [4.78, 5) is 16.4. The third kappa shape index (κ3) is 2.67. The van der Waals surface area contributed by atoms with Crippen LogP contribution in [0.2, 0.25) is 0 Å². The second kappa shape index (κ2) is 5.44. The molecule has 0 fully saturated rings. The van der Waals surface area contributed by atoms with Crippen molar-refractivity contribution in [3.63, 3.8) is 0 Å². The number of rotatable bonds is 4. The molecule has 4 nitrogen and oxygen atoms in total. The first-order valence-electron chi connectivity index (χ1n) is 5.78. The summed E-state index contributed by atoms with van der Waals surface area (Å²) in [6, 6.07) is 5.75. The van der Waals surface area contributed by atoms with Crippen LogP contribution in [0.5, 0.6) is 0 Å². The van der Waals surface area contributed by atoms with Gasteiger partial charge >= 0.3 is 0 Å². The van der Waals surface area contributed by atoms with Crippen LogP contribution in [0.3, 0.4) is 0 Å². The van der Waals surface area contributed by atoms with Crippen LogP contribution in [-0.4, -0.2) is 20.5 Å². The van der Waals surface area contributed by atoms with Gasteiger partial charge < -0.3 is 0 Å². The van der Waals surface area contributed by atoms with E-state index in [0.29, 0.717) is 11.4 Å². The van der Waals surface area contributed by atoms with Crippen molar-refractivity contribution in [2.45, 2.75) is 26.8 Å². The molecule has 0 amide bonds. The summed E-state index contributed by atoms with van der Waals surface area (Å²) >= 11 is 3.41. The minimum Gasteiger partial charge on any atom is -0.294 e. The van der Waals surface area contributed by atoms with Crippen molar-refractivity contribution in [1.29, 1.82) is 0 Å². The molecule has 0 radical (unpaired) electrons. The van der Waals surface area contributed by atoms with Gasteiger partial charge in [-0.25, -0.2) is 9.67 Å². The number of nitrogens with zero attached hydrogens (tertiary/aromatic N) is 3. The van der Waals surface area contributed by atoms with Gasteiger partial charge in [0.25, 0.3) is 0 Å². The van der Waals surface area contributed by atoms with Gasteiger partial charge in [0, 0.05) is 16.6 Å². The maximum atomic E-state index is 12.2. The number of carbonyl (C=O) groups excluding carboxylic acids is 1. The Hall–Kier alpha value is -1.49. The van der Waals surface area contributed by atoms with Crippen molar-refractivity contribution >= 4 is 21.7 Å². The average molecular weight is 308 g/mol. The summed E-state index contributed by atoms with van der Waals surface area (Å²) in [5.41, 5.74) is 1.76. The van der Waals surface area contributed by atoms with E-state index >= 15 is 0 Å². The zero-order chi connectivity index (χ0) is 13.1. The van der Waals surface area contributed by atoms with Crippen LogP contribution in [0.25, 0.3) is 0 Å². The van der Waals surface area contributed by atoms with Crippen LogP contribution in [0, 0.1) is 6.92 Å². The third-order valence-corrected chi connectivity index (χ3v) is 3.43. The Balaban J connectivity index is 2.25. The first kappa shape index (κ1) is 13.0. The minimum absolute atomic E-state index is 0.0493. The molecule has 0 aliphatic heterocycles. The highest BCUT2D eigenvalue weighted by molar-refractivity contribution is 9.10. The normalized spacial score (nSPS) is 10.6. The van der Waals surface area contributed by atoms with E-state index < -0.39 is 0 Å². The Kier molecular flexibility index (Phi) is 3.91. The fourth-order valence-electron chi connectivity index (χ4n) is 1.78. The predicted molar refractivity (Wildman–Crippen MR) is 72.6 cm³/mol. The Morgan fingerprint density at radius 1 is 1.44 bits per heavy atom. The van der Waals surface area contributed by atoms with E-state index in [1.165, 1.54) is 6.33 Å². The molecule has 0 atom stereocenters. The van der Waals surface area contributed by atoms with Crippen molar-refractivity contribution < 1.29 is 4.79 Å². The number of Topliss-reactive ketones (excluding diaryl/α,β-unsaturated/α-hetero) is 1. The second-order valence-electron chi connectivity index (χ2n) is 4.08. The molecule has 1 heterocycles. The van der Waals surface area contributed by atoms with Crippen LogP contribution in [-0.2, 0) is 13.0 Å². The number of aryl methyl sites for hydroxylation is 2. The third-order valence-electron chi connectivity index (χ3n) is 2.74. The molecule has 0 N–H and O–H groups in total. The number of hydrogen-bond donors (Lipinski definition) is 0. The van der Waals surface area contributed by atoms with Gasteiger partial charge in [-0.05, 0) is 26.0 Å². The molecule has 0 aliphatic carbocycles. The van der Waals surface area contributed by atoms with Gasteiger partial charge in [-0.2, -0.15) is 5.10 Å². The van der Waals surface area contributed by atoms with Gasteiger partial charge in [-0.15, -0.1) is 0 Å². The number of halogens is 1. The highest BCUT2D eigenvalue weighted by atomic mass is 79.9. The van der Waals surface area contributed by atoms with E-state index in [0.717, 1.165) is 16.6 Å². The maximum absolute atomic E-state index is 12.2. The number of benzene rings is 1. The van der Waals surface area contributed by atoms with Gasteiger partial charge in [-0.3, -0.25) is 4.79 Å². The molecule has 0 bridgehead atoms. The fourth-order valence-corrected chi connectivity index (χ4v) is 2.25. The van der Waals surface area contributed by atoms with Crippen molar-refractivity contribution in [2.24, 2.45) is 0 Å². The number of carbonyl (C=O) groups is 1. The van der Waals surface area contributed by atoms with Crippen molar-refractivity contribution in [3.05, 3.63) is 46.0 Å². The predicted octanol–water partition coefficient (Wildman–Crippen LogP) is 2.79. The maximum Gasteiger partial charge on any atom is 0.171 e. The molecule has 94 valence electrons. The Morgan fingerprint density at radius 3 is 2.94 bits per heavy atom. The van der Waals surface area contributed by atoms with Gasteiger partial charge in [0.15, 0.2) is 5.78 Å². The van der Waals surface area contributed by atoms with E-state index in [-0.39, 0.29) is 12.2 Å². The zero-order valence-electron chi connectivity index (χ0n) is 10.4. The van der Waals surface area contributed by atoms with E-state index in [4.69, 9.17) is 0 Å². The highest BCUT2D eigenvalue weighted by Crippen LogP contribution is 2.19. The number of ketones is 1. The zero-order valence-corrected chi connectivity index (χ0v) is 11.9. The van der Waals surface area contributed by atoms with Crippen LogP contribution in [0.15, 0.2) is 29.0 Å². The molecule has 1 aromatic carbocycles. The summed E-state index contributed by atoms with van der Waals surface area (Å²) in [5.74, 6) is 0.754. The second-order valence-corrected chi connectivity index (χ2v) is 4.93. The molecule has 0 saturated heterocycles. The van der Waals surface area contributed by atoms with Crippen molar-refractivity contribution in [2.75, 3.05) is 0 Å². The number of aromatic nitrogens is 3. The molecule has 5 heteroatoms. The summed E-state index contributed by atoms with van der Waals surface area (Å²) in [6.07, 6.45) is 1.76. The molecule has 2 rings (SSSR count). The number of hydrogen-bond acceptors (Lipinski definition) is 3. The lowest BCUT2D eigenvalue weighted by Gasteiger charge is -2.05. The Bertz CT molecular complexity index is 577. The molecule has 0 spiro atoms. The molecule has 1 aromatic heterocycles. The van der Waals surface area contributed by atoms with Gasteiger partial charge in [0.2, 0.25) is 0 Å². The SMILES string of the molecule is CCn1ncnc1CC(=O)c1cc(C)ccc1Br. The average Bonchev–Trinajstić information content (AvgIpc) is 2.79. The smallest absolute Gasteiger partial charge is 0.171 e. The Labute approximate surface area is 114 Å². The van der Waals surface area contributed by atoms with Crippen LogP contribution in [0.1, 0.15) is 28.7 Å². The summed E-state index contributed by atoms with van der Waals surface area (Å²) in [7, 11) is 0. The largest absolute Gasteiger partial charge is 0.294 e. The van der Waals surface area contributed by atoms with Crippen LogP contribution >= 0.6 is 15.9 Å². The van der Waals surface area contributed by atoms with Gasteiger partial charge in [0.05, 0.1) is 6.42 Å². The summed E-state index contributed by atoms with van der Waals surface area (Å²) in [5, 5.41) is 4.06. The van der Waals surface area contributed by atoms with Crippen LogP contribution in [0.4, 0.5) is 0 Å². The lowest BCUT2D eigenvalue weighted by Crippen LogP contribution is -2.11. The van der Waals surface area contributed by atoms with E-state index in [9.17, 15) is 4.79 Å². The lowest BCUT2D eigenvalue weighted by atomic mass is 10.1. The molecule has 0 unspecified atom stereocenters. The minimum atomic E-state index is 0.0493. The monoisotopic (exact) mass is 307 g/mol. The van der Waals surface area contributed by atoms with Gasteiger partial charge in [-0.1, -0.05) is 27.6 Å². The molecule has 0 aliphatic rings. The van der Waals surface area contributed by atoms with E-state index in [2.05, 4.69) is 26.0 Å². The quantitative estimate of drug-likeness (QED) is 0.816. The highest BCUT2D eigenvalue weighted by Gasteiger charge is 2.14. The van der Waals surface area contributed by atoms with Gasteiger partial charge in [0.1, 0.15) is 12.2 Å². The van der Waals surface area contributed by atoms with Crippen LogP contribution < -0.4 is 0 Å². The molecule has 0 saturated carbocycles. The van der Waals surface area contributed by atoms with Crippen molar-refractivity contribution in [3.8, 4) is 0 Å². The van der Waals surface area contributed by atoms with E-state index in [1.807, 2.05) is 32.0 Å². The fraction of sp³-hybridized carbons (Fsp3) is 0.308. The van der Waals surface area contributed by atoms with E-state index in [1.54, 1.807) is 4.68 Å². The standard InChI is InChI=1S/C13H14BrN3O/c1-3-17-13(15-8-16-17)7-12(18)10-6-9(2)4-5-11(10)14/h4-6,8H,3,7H2,1-2H3. The first-order chi connectivity index (χ1) is 8.61. The molecule has 18 heavy (non-hydrogen) atoms. The first-order valence-corrected chi connectivity index (χ1v) is 6.57. The summed E-state index contributed by atoms with van der Waals surface area (Å²) in [6.45, 7) is 4.67. The van der Waals surface area contributed by atoms with Crippen molar-refractivity contribution in [1.82, 2.24) is 14.8 Å². The Morgan fingerprint density at radius 2 is 2.22 bits per heavy atom. The summed E-state index contributed by atoms with van der Waals surface area (Å²) < 4.78 is 2.56. The lowest BCUT2D eigenvalue weighted by molar-refractivity contribution is 0.0988. The molecular weight excluding hydrogens is 294 g/mol. The molecular formula is C13H14BrN3O.